The standard InChI is InChI=1S/C13H18N2O4/c1-3-4-9(13(18)19)6-15-12(17)11-5-10(7-14-11)8(2)16/h5,7,9,14H,3-4,6H2,1-2H3,(H,15,17)(H,18,19). The van der Waals surface area contributed by atoms with Gasteiger partial charge < -0.3 is 15.4 Å². The molecule has 0 fully saturated rings. The van der Waals surface area contributed by atoms with Crippen LogP contribution in [0.5, 0.6) is 0 Å². The van der Waals surface area contributed by atoms with Gasteiger partial charge in [0.1, 0.15) is 5.69 Å². The van der Waals surface area contributed by atoms with Crippen molar-refractivity contribution in [2.75, 3.05) is 6.54 Å². The number of Topliss-reactive ketones (excluding diaryl/α,β-unsaturated/α-hetero) is 1. The van der Waals surface area contributed by atoms with E-state index in [4.69, 9.17) is 5.11 Å². The van der Waals surface area contributed by atoms with Gasteiger partial charge >= 0.3 is 5.97 Å². The lowest BCUT2D eigenvalue weighted by Gasteiger charge is -2.11. The molecule has 1 amide bonds. The zero-order valence-electron chi connectivity index (χ0n) is 11.0. The maximum Gasteiger partial charge on any atom is 0.308 e. The Balaban J connectivity index is 2.58. The number of carbonyl (C=O) groups excluding carboxylic acids is 2. The smallest absolute Gasteiger partial charge is 0.308 e. The summed E-state index contributed by atoms with van der Waals surface area (Å²) in [7, 11) is 0. The Morgan fingerprint density at radius 1 is 1.42 bits per heavy atom. The Bertz CT molecular complexity index is 479. The highest BCUT2D eigenvalue weighted by Crippen LogP contribution is 2.07. The Labute approximate surface area is 111 Å². The number of aliphatic carboxylic acids is 1. The van der Waals surface area contributed by atoms with E-state index in [9.17, 15) is 14.4 Å². The van der Waals surface area contributed by atoms with Gasteiger partial charge in [0.05, 0.1) is 5.92 Å². The minimum Gasteiger partial charge on any atom is -0.481 e. The summed E-state index contributed by atoms with van der Waals surface area (Å²) in [5.41, 5.74) is 0.680. The number of carboxylic acids is 1. The summed E-state index contributed by atoms with van der Waals surface area (Å²) in [5, 5.41) is 11.5. The largest absolute Gasteiger partial charge is 0.481 e. The Morgan fingerprint density at radius 2 is 2.11 bits per heavy atom. The molecule has 1 heterocycles. The molecule has 0 aliphatic rings. The van der Waals surface area contributed by atoms with Crippen LogP contribution in [0.25, 0.3) is 0 Å². The molecule has 0 aromatic carbocycles. The molecule has 0 aliphatic heterocycles. The van der Waals surface area contributed by atoms with Gasteiger partial charge in [-0.05, 0) is 19.4 Å². The fourth-order valence-electron chi connectivity index (χ4n) is 1.70. The predicted molar refractivity (Wildman–Crippen MR) is 69.2 cm³/mol. The highest BCUT2D eigenvalue weighted by atomic mass is 16.4. The van der Waals surface area contributed by atoms with Crippen molar-refractivity contribution < 1.29 is 19.5 Å². The molecule has 0 saturated carbocycles. The van der Waals surface area contributed by atoms with Crippen LogP contribution in [-0.4, -0.2) is 34.3 Å². The first-order chi connectivity index (χ1) is 8.95. The van der Waals surface area contributed by atoms with E-state index < -0.39 is 17.8 Å². The van der Waals surface area contributed by atoms with Gasteiger partial charge in [-0.25, -0.2) is 0 Å². The molecule has 0 spiro atoms. The van der Waals surface area contributed by atoms with Crippen LogP contribution in [0, 0.1) is 5.92 Å². The first-order valence-corrected chi connectivity index (χ1v) is 6.16. The van der Waals surface area contributed by atoms with Crippen LogP contribution >= 0.6 is 0 Å². The van der Waals surface area contributed by atoms with E-state index in [1.807, 2.05) is 6.92 Å². The summed E-state index contributed by atoms with van der Waals surface area (Å²) in [6.07, 6.45) is 2.71. The van der Waals surface area contributed by atoms with E-state index in [1.54, 1.807) is 0 Å². The van der Waals surface area contributed by atoms with Gasteiger partial charge in [-0.1, -0.05) is 13.3 Å². The van der Waals surface area contributed by atoms with Crippen molar-refractivity contribution in [2.24, 2.45) is 5.92 Å². The molecule has 6 heteroatoms. The molecule has 1 atom stereocenters. The molecule has 1 aromatic rings. The van der Waals surface area contributed by atoms with Gasteiger partial charge in [-0.15, -0.1) is 0 Å². The third-order valence-corrected chi connectivity index (χ3v) is 2.83. The molecular weight excluding hydrogens is 248 g/mol. The van der Waals surface area contributed by atoms with Crippen LogP contribution in [0.2, 0.25) is 0 Å². The van der Waals surface area contributed by atoms with Crippen molar-refractivity contribution in [3.05, 3.63) is 23.5 Å². The first-order valence-electron chi connectivity index (χ1n) is 6.16. The minimum atomic E-state index is -0.918. The lowest BCUT2D eigenvalue weighted by Crippen LogP contribution is -2.33. The number of carbonyl (C=O) groups is 3. The van der Waals surface area contributed by atoms with E-state index in [-0.39, 0.29) is 18.0 Å². The Hall–Kier alpha value is -2.11. The molecule has 1 aromatic heterocycles. The summed E-state index contributed by atoms with van der Waals surface area (Å²) in [6.45, 7) is 3.38. The summed E-state index contributed by atoms with van der Waals surface area (Å²) in [4.78, 5) is 36.5. The number of H-pyrrole nitrogens is 1. The van der Waals surface area contributed by atoms with E-state index in [1.165, 1.54) is 19.2 Å². The number of carboxylic acid groups (broad SMARTS) is 1. The van der Waals surface area contributed by atoms with Crippen molar-refractivity contribution in [3.8, 4) is 0 Å². The summed E-state index contributed by atoms with van der Waals surface area (Å²) in [6, 6.07) is 1.45. The maximum atomic E-state index is 11.8. The highest BCUT2D eigenvalue weighted by molar-refractivity contribution is 5.99. The zero-order chi connectivity index (χ0) is 14.4. The maximum absolute atomic E-state index is 11.8. The molecule has 0 aliphatic carbocycles. The van der Waals surface area contributed by atoms with E-state index in [0.717, 1.165) is 6.42 Å². The van der Waals surface area contributed by atoms with Crippen molar-refractivity contribution >= 4 is 17.7 Å². The average Bonchev–Trinajstić information content (AvgIpc) is 2.83. The van der Waals surface area contributed by atoms with Crippen molar-refractivity contribution in [2.45, 2.75) is 26.7 Å². The molecule has 6 nitrogen and oxygen atoms in total. The average molecular weight is 266 g/mol. The second-order valence-corrected chi connectivity index (χ2v) is 4.39. The monoisotopic (exact) mass is 266 g/mol. The molecule has 0 saturated heterocycles. The molecular formula is C13H18N2O4. The van der Waals surface area contributed by atoms with E-state index in [2.05, 4.69) is 10.3 Å². The number of hydrogen-bond acceptors (Lipinski definition) is 3. The van der Waals surface area contributed by atoms with Crippen molar-refractivity contribution in [3.63, 3.8) is 0 Å². The number of rotatable bonds is 7. The normalized spacial score (nSPS) is 11.9. The molecule has 1 unspecified atom stereocenters. The molecule has 19 heavy (non-hydrogen) atoms. The van der Waals surface area contributed by atoms with Gasteiger partial charge in [0.25, 0.3) is 5.91 Å². The quantitative estimate of drug-likeness (QED) is 0.650. The SMILES string of the molecule is CCCC(CNC(=O)c1cc(C(C)=O)c[nH]1)C(=O)O. The summed E-state index contributed by atoms with van der Waals surface area (Å²) in [5.74, 6) is -2.05. The molecule has 0 bridgehead atoms. The van der Waals surface area contributed by atoms with Crippen LogP contribution in [0.15, 0.2) is 12.3 Å². The topological polar surface area (TPSA) is 99.3 Å². The van der Waals surface area contributed by atoms with Gasteiger partial charge in [-0.3, -0.25) is 14.4 Å². The number of aromatic nitrogens is 1. The van der Waals surface area contributed by atoms with Gasteiger partial charge in [0, 0.05) is 18.3 Å². The number of amides is 1. The van der Waals surface area contributed by atoms with E-state index in [0.29, 0.717) is 12.0 Å². The van der Waals surface area contributed by atoms with Crippen molar-refractivity contribution in [1.29, 1.82) is 0 Å². The second kappa shape index (κ2) is 6.72. The molecule has 1 rings (SSSR count). The lowest BCUT2D eigenvalue weighted by molar-refractivity contribution is -0.141. The van der Waals surface area contributed by atoms with E-state index >= 15 is 0 Å². The third-order valence-electron chi connectivity index (χ3n) is 2.83. The fourth-order valence-corrected chi connectivity index (χ4v) is 1.70. The predicted octanol–water partition coefficient (Wildman–Crippen LogP) is 1.45. The minimum absolute atomic E-state index is 0.0798. The van der Waals surface area contributed by atoms with Crippen LogP contribution in [0.1, 0.15) is 47.5 Å². The third kappa shape index (κ3) is 4.24. The van der Waals surface area contributed by atoms with Crippen LogP contribution in [0.3, 0.4) is 0 Å². The van der Waals surface area contributed by atoms with Gasteiger partial charge in [0.2, 0.25) is 0 Å². The molecule has 104 valence electrons. The fraction of sp³-hybridized carbons (Fsp3) is 0.462. The van der Waals surface area contributed by atoms with Gasteiger partial charge in [-0.2, -0.15) is 0 Å². The van der Waals surface area contributed by atoms with Crippen LogP contribution in [-0.2, 0) is 4.79 Å². The van der Waals surface area contributed by atoms with Crippen molar-refractivity contribution in [1.82, 2.24) is 10.3 Å². The number of nitrogens with one attached hydrogen (secondary N) is 2. The highest BCUT2D eigenvalue weighted by Gasteiger charge is 2.18. The number of ketones is 1. The lowest BCUT2D eigenvalue weighted by atomic mass is 10.0. The molecule has 3 N–H and O–H groups in total. The number of hydrogen-bond donors (Lipinski definition) is 3. The first kappa shape index (κ1) is 14.9. The van der Waals surface area contributed by atoms with Gasteiger partial charge in [0.15, 0.2) is 5.78 Å². The second-order valence-electron chi connectivity index (χ2n) is 4.39. The van der Waals surface area contributed by atoms with Crippen LogP contribution in [0.4, 0.5) is 0 Å². The summed E-state index contributed by atoms with van der Waals surface area (Å²) >= 11 is 0. The zero-order valence-corrected chi connectivity index (χ0v) is 11.0. The summed E-state index contributed by atoms with van der Waals surface area (Å²) < 4.78 is 0. The number of aromatic amines is 1. The molecule has 0 radical (unpaired) electrons. The Kier molecular flexibility index (Phi) is 5.29. The Morgan fingerprint density at radius 3 is 2.58 bits per heavy atom. The van der Waals surface area contributed by atoms with Crippen LogP contribution < -0.4 is 5.32 Å².